The van der Waals surface area contributed by atoms with Crippen molar-refractivity contribution in [2.24, 2.45) is 29.1 Å². The van der Waals surface area contributed by atoms with Crippen LogP contribution in [0.4, 0.5) is 0 Å². The Balaban J connectivity index is 1.60. The van der Waals surface area contributed by atoms with Gasteiger partial charge in [0, 0.05) is 5.54 Å². The summed E-state index contributed by atoms with van der Waals surface area (Å²) in [5, 5.41) is 25.9. The van der Waals surface area contributed by atoms with Crippen LogP contribution in [0.1, 0.15) is 111 Å². The zero-order valence-corrected chi connectivity index (χ0v) is 18.9. The number of piperidine rings is 1. The summed E-state index contributed by atoms with van der Waals surface area (Å²) in [4.78, 5) is 0. The van der Waals surface area contributed by atoms with Crippen LogP contribution in [0.15, 0.2) is 0 Å². The van der Waals surface area contributed by atoms with E-state index in [0.29, 0.717) is 17.3 Å². The van der Waals surface area contributed by atoms with Crippen LogP contribution in [-0.2, 0) is 5.21 Å². The molecule has 1 N–H and O–H groups in total. The summed E-state index contributed by atoms with van der Waals surface area (Å²) < 4.78 is 0. The molecule has 7 atom stereocenters. The highest BCUT2D eigenvalue weighted by molar-refractivity contribution is 5.12. The molecule has 161 valence electrons. The van der Waals surface area contributed by atoms with Gasteiger partial charge in [-0.2, -0.15) is 0 Å². The van der Waals surface area contributed by atoms with Crippen LogP contribution in [0.3, 0.4) is 0 Å². The SMILES string of the molecule is CCCC1(CCC)CCC2C3CCC4CC(O)CCC4(C)C3CCC2(C)N1[O]. The number of hydrogen-bond acceptors (Lipinski definition) is 2. The predicted molar refractivity (Wildman–Crippen MR) is 113 cm³/mol. The summed E-state index contributed by atoms with van der Waals surface area (Å²) in [6.07, 6.45) is 14.8. The van der Waals surface area contributed by atoms with Gasteiger partial charge in [0.15, 0.2) is 0 Å². The van der Waals surface area contributed by atoms with Crippen LogP contribution in [0.25, 0.3) is 0 Å². The summed E-state index contributed by atoms with van der Waals surface area (Å²) in [7, 11) is 0. The number of hydrogen-bond donors (Lipinski definition) is 1. The molecule has 3 nitrogen and oxygen atoms in total. The Labute approximate surface area is 173 Å². The van der Waals surface area contributed by atoms with Crippen molar-refractivity contribution in [1.82, 2.24) is 5.06 Å². The third kappa shape index (κ3) is 3.02. The van der Waals surface area contributed by atoms with E-state index in [9.17, 15) is 10.3 Å². The fourth-order valence-electron chi connectivity index (χ4n) is 8.89. The highest BCUT2D eigenvalue weighted by atomic mass is 16.5. The maximum absolute atomic E-state index is 13.9. The number of aliphatic hydroxyl groups excluding tert-OH is 1. The minimum Gasteiger partial charge on any atom is -0.393 e. The number of nitrogens with zero attached hydrogens (tertiary/aromatic N) is 1. The van der Waals surface area contributed by atoms with E-state index in [1.54, 1.807) is 5.06 Å². The molecule has 1 saturated heterocycles. The minimum absolute atomic E-state index is 0.0704. The van der Waals surface area contributed by atoms with E-state index in [1.807, 2.05) is 0 Å². The minimum atomic E-state index is -0.152. The van der Waals surface area contributed by atoms with Crippen molar-refractivity contribution in [3.8, 4) is 0 Å². The fourth-order valence-corrected chi connectivity index (χ4v) is 8.89. The Morgan fingerprint density at radius 3 is 2.25 bits per heavy atom. The normalized spacial score (nSPS) is 48.4. The molecule has 4 rings (SSSR count). The molecular weight excluding hydrogens is 346 g/mol. The van der Waals surface area contributed by atoms with E-state index in [0.717, 1.165) is 63.2 Å². The number of aliphatic hydroxyl groups is 1. The van der Waals surface area contributed by atoms with Crippen molar-refractivity contribution in [1.29, 1.82) is 0 Å². The topological polar surface area (TPSA) is 43.4 Å². The van der Waals surface area contributed by atoms with Crippen molar-refractivity contribution in [3.05, 3.63) is 0 Å². The molecule has 28 heavy (non-hydrogen) atoms. The molecule has 1 radical (unpaired) electrons. The summed E-state index contributed by atoms with van der Waals surface area (Å²) >= 11 is 0. The van der Waals surface area contributed by atoms with Gasteiger partial charge in [-0.25, -0.2) is 0 Å². The molecule has 1 heterocycles. The van der Waals surface area contributed by atoms with Gasteiger partial charge in [0.1, 0.15) is 0 Å². The van der Waals surface area contributed by atoms with Crippen LogP contribution in [0.5, 0.6) is 0 Å². The van der Waals surface area contributed by atoms with Crippen LogP contribution >= 0.6 is 0 Å². The zero-order valence-electron chi connectivity index (χ0n) is 18.9. The molecule has 0 amide bonds. The third-order valence-electron chi connectivity index (χ3n) is 10.2. The van der Waals surface area contributed by atoms with Crippen molar-refractivity contribution in [3.63, 3.8) is 0 Å². The van der Waals surface area contributed by atoms with Crippen LogP contribution in [0.2, 0.25) is 0 Å². The molecular formula is C25H44NO2. The Bertz CT molecular complexity index is 559. The lowest BCUT2D eigenvalue weighted by Crippen LogP contribution is -2.68. The monoisotopic (exact) mass is 390 g/mol. The molecule has 0 aromatic carbocycles. The second kappa shape index (κ2) is 7.54. The molecule has 1 aliphatic heterocycles. The molecule has 7 unspecified atom stereocenters. The second-order valence-electron chi connectivity index (χ2n) is 11.5. The lowest BCUT2D eigenvalue weighted by atomic mass is 9.44. The van der Waals surface area contributed by atoms with Crippen molar-refractivity contribution in [2.45, 2.75) is 128 Å². The maximum Gasteiger partial charge on any atom is 0.0543 e. The first kappa shape index (κ1) is 21.1. The van der Waals surface area contributed by atoms with Gasteiger partial charge < -0.3 is 5.11 Å². The highest BCUT2D eigenvalue weighted by Crippen LogP contribution is 2.64. The molecule has 3 aliphatic carbocycles. The molecule has 4 fully saturated rings. The quantitative estimate of drug-likeness (QED) is 0.627. The van der Waals surface area contributed by atoms with Gasteiger partial charge >= 0.3 is 0 Å². The van der Waals surface area contributed by atoms with E-state index in [2.05, 4.69) is 27.7 Å². The average molecular weight is 391 g/mol. The van der Waals surface area contributed by atoms with E-state index in [-0.39, 0.29) is 17.2 Å². The maximum atomic E-state index is 13.9. The smallest absolute Gasteiger partial charge is 0.0543 e. The van der Waals surface area contributed by atoms with Gasteiger partial charge in [-0.15, -0.1) is 10.3 Å². The molecule has 4 aliphatic rings. The highest BCUT2D eigenvalue weighted by Gasteiger charge is 2.62. The molecule has 0 aromatic rings. The summed E-state index contributed by atoms with van der Waals surface area (Å²) in [6.45, 7) is 9.37. The number of fused-ring (bicyclic) bond motifs is 5. The van der Waals surface area contributed by atoms with E-state index in [1.165, 1.54) is 32.1 Å². The van der Waals surface area contributed by atoms with Crippen molar-refractivity contribution in [2.75, 3.05) is 0 Å². The standard InChI is InChI=1S/C25H44NO2/c1-5-12-25(13-6-2)16-11-22-20-8-7-18-17-19(27)9-14-23(18,3)21(20)10-15-24(22,4)26(25)28/h18-22,27H,5-17H2,1-4H3. The van der Waals surface area contributed by atoms with Crippen molar-refractivity contribution >= 4 is 0 Å². The van der Waals surface area contributed by atoms with Gasteiger partial charge in [0.25, 0.3) is 0 Å². The summed E-state index contributed by atoms with van der Waals surface area (Å²) in [5.74, 6) is 2.78. The average Bonchev–Trinajstić information content (AvgIpc) is 2.66. The Morgan fingerprint density at radius 2 is 1.57 bits per heavy atom. The molecule has 3 saturated carbocycles. The van der Waals surface area contributed by atoms with Crippen molar-refractivity contribution < 1.29 is 10.3 Å². The summed E-state index contributed by atoms with van der Waals surface area (Å²) in [5.41, 5.74) is 0.150. The third-order valence-corrected chi connectivity index (χ3v) is 10.2. The predicted octanol–water partition coefficient (Wildman–Crippen LogP) is 6.13. The Kier molecular flexibility index (Phi) is 5.69. The van der Waals surface area contributed by atoms with E-state index >= 15 is 0 Å². The summed E-state index contributed by atoms with van der Waals surface area (Å²) in [6, 6.07) is 0. The Morgan fingerprint density at radius 1 is 0.893 bits per heavy atom. The molecule has 0 spiro atoms. The van der Waals surface area contributed by atoms with Gasteiger partial charge in [0.2, 0.25) is 0 Å². The first-order chi connectivity index (χ1) is 13.3. The fraction of sp³-hybridized carbons (Fsp3) is 1.00. The van der Waals surface area contributed by atoms with Gasteiger partial charge in [-0.3, -0.25) is 0 Å². The van der Waals surface area contributed by atoms with Gasteiger partial charge in [-0.05, 0) is 107 Å². The molecule has 0 aromatic heterocycles. The number of hydroxylamine groups is 2. The molecule has 0 bridgehead atoms. The van der Waals surface area contributed by atoms with E-state index in [4.69, 9.17) is 0 Å². The van der Waals surface area contributed by atoms with E-state index < -0.39 is 0 Å². The van der Waals surface area contributed by atoms with Gasteiger partial charge in [0.05, 0.1) is 11.6 Å². The van der Waals surface area contributed by atoms with Crippen LogP contribution in [-0.4, -0.2) is 27.4 Å². The molecule has 3 heteroatoms. The van der Waals surface area contributed by atoms with Crippen LogP contribution < -0.4 is 0 Å². The first-order valence-corrected chi connectivity index (χ1v) is 12.5. The Hall–Kier alpha value is -0.120. The second-order valence-corrected chi connectivity index (χ2v) is 11.5. The largest absolute Gasteiger partial charge is 0.393 e. The first-order valence-electron chi connectivity index (χ1n) is 12.5. The lowest BCUT2D eigenvalue weighted by molar-refractivity contribution is -0.336. The number of rotatable bonds is 4. The lowest BCUT2D eigenvalue weighted by Gasteiger charge is -2.65. The van der Waals surface area contributed by atoms with Crippen LogP contribution in [0, 0.1) is 29.1 Å². The zero-order chi connectivity index (χ0) is 20.2. The van der Waals surface area contributed by atoms with Gasteiger partial charge in [-0.1, -0.05) is 33.6 Å².